The maximum Gasteiger partial charge on any atom is 0.203 e. The lowest BCUT2D eigenvalue weighted by Crippen LogP contribution is -2.23. The van der Waals surface area contributed by atoms with E-state index in [2.05, 4.69) is 76.9 Å². The van der Waals surface area contributed by atoms with Gasteiger partial charge in [-0.1, -0.05) is 49.4 Å². The summed E-state index contributed by atoms with van der Waals surface area (Å²) in [5.41, 5.74) is 3.76. The Labute approximate surface area is 184 Å². The highest BCUT2D eigenvalue weighted by molar-refractivity contribution is 7.71. The van der Waals surface area contributed by atoms with E-state index in [-0.39, 0.29) is 0 Å². The molecule has 158 valence electrons. The van der Waals surface area contributed by atoms with Gasteiger partial charge in [0.25, 0.3) is 0 Å². The van der Waals surface area contributed by atoms with Crippen LogP contribution in [0.4, 0.5) is 0 Å². The maximum atomic E-state index is 5.87. The zero-order valence-corrected chi connectivity index (χ0v) is 18.8. The van der Waals surface area contributed by atoms with Crippen molar-refractivity contribution >= 4 is 12.2 Å². The van der Waals surface area contributed by atoms with Gasteiger partial charge >= 0.3 is 0 Å². The van der Waals surface area contributed by atoms with Gasteiger partial charge in [0.15, 0.2) is 5.82 Å². The molecule has 0 spiro atoms. The third kappa shape index (κ3) is 4.89. The summed E-state index contributed by atoms with van der Waals surface area (Å²) in [6.45, 7) is 6.84. The molecule has 6 heteroatoms. The quantitative estimate of drug-likeness (QED) is 0.495. The zero-order chi connectivity index (χ0) is 20.9. The van der Waals surface area contributed by atoms with Crippen LogP contribution in [-0.4, -0.2) is 44.3 Å². The van der Waals surface area contributed by atoms with Crippen LogP contribution in [0.15, 0.2) is 54.6 Å². The molecule has 3 aromatic rings. The Balaban J connectivity index is 1.56. The Bertz CT molecular complexity index is 1000. The number of hydrogen-bond acceptors (Lipinski definition) is 4. The molecule has 1 aliphatic heterocycles. The fraction of sp³-hybridized carbons (Fsp3) is 0.417. The van der Waals surface area contributed by atoms with Gasteiger partial charge in [0, 0.05) is 12.2 Å². The molecule has 4 rings (SSSR count). The van der Waals surface area contributed by atoms with Crippen LogP contribution in [-0.2, 0) is 26.2 Å². The summed E-state index contributed by atoms with van der Waals surface area (Å²) in [4.78, 5) is 4.73. The number of likely N-dealkylation sites (tertiary alicyclic amines) is 1. The Morgan fingerprint density at radius 1 is 0.967 bits per heavy atom. The van der Waals surface area contributed by atoms with Crippen molar-refractivity contribution in [3.8, 4) is 5.69 Å². The summed E-state index contributed by atoms with van der Waals surface area (Å²) in [5.74, 6) is 1.02. The second-order valence-corrected chi connectivity index (χ2v) is 8.54. The second-order valence-electron chi connectivity index (χ2n) is 8.18. The van der Waals surface area contributed by atoms with Crippen molar-refractivity contribution in [2.45, 2.75) is 45.9 Å². The van der Waals surface area contributed by atoms with E-state index in [0.29, 0.717) is 6.67 Å². The van der Waals surface area contributed by atoms with Crippen molar-refractivity contribution in [2.24, 2.45) is 0 Å². The molecule has 2 heterocycles. The third-order valence-corrected chi connectivity index (χ3v) is 6.14. The smallest absolute Gasteiger partial charge is 0.203 e. The van der Waals surface area contributed by atoms with E-state index in [0.717, 1.165) is 48.9 Å². The molecule has 5 nitrogen and oxygen atoms in total. The molecular formula is C24H31N5S. The number of hydrogen-bond donors (Lipinski definition) is 0. The van der Waals surface area contributed by atoms with Crippen molar-refractivity contribution in [3.05, 3.63) is 76.3 Å². The Kier molecular flexibility index (Phi) is 6.77. The van der Waals surface area contributed by atoms with Crippen molar-refractivity contribution in [1.82, 2.24) is 24.1 Å². The highest BCUT2D eigenvalue weighted by Gasteiger charge is 2.19. The van der Waals surface area contributed by atoms with Crippen LogP contribution < -0.4 is 0 Å². The standard InChI is InChI=1S/C24H31N5S/c1-3-20-11-13-21(14-12-20)17-26(2)19-28-24(30)29(22-9-5-4-6-10-22)23(25-28)18-27-15-7-8-16-27/h4-6,9-14H,3,7-8,15-19H2,1-2H3. The minimum Gasteiger partial charge on any atom is -0.296 e. The molecule has 0 bridgehead atoms. The largest absolute Gasteiger partial charge is 0.296 e. The van der Waals surface area contributed by atoms with Crippen LogP contribution in [0.25, 0.3) is 5.69 Å². The van der Waals surface area contributed by atoms with Gasteiger partial charge in [0.1, 0.15) is 0 Å². The highest BCUT2D eigenvalue weighted by atomic mass is 32.1. The van der Waals surface area contributed by atoms with Gasteiger partial charge in [-0.05, 0) is 74.9 Å². The molecule has 0 atom stereocenters. The van der Waals surface area contributed by atoms with Gasteiger partial charge in [-0.15, -0.1) is 0 Å². The molecule has 1 saturated heterocycles. The SMILES string of the molecule is CCc1ccc(CN(C)Cn2nc(CN3CCCC3)n(-c3ccccc3)c2=S)cc1. The third-order valence-electron chi connectivity index (χ3n) is 5.74. The van der Waals surface area contributed by atoms with Crippen LogP contribution >= 0.6 is 12.2 Å². The minimum absolute atomic E-state index is 0.668. The molecule has 0 unspecified atom stereocenters. The molecule has 1 fully saturated rings. The monoisotopic (exact) mass is 421 g/mol. The summed E-state index contributed by atoms with van der Waals surface area (Å²) in [7, 11) is 2.12. The fourth-order valence-electron chi connectivity index (χ4n) is 4.10. The summed E-state index contributed by atoms with van der Waals surface area (Å²) < 4.78 is 4.86. The topological polar surface area (TPSA) is 29.2 Å². The van der Waals surface area contributed by atoms with E-state index in [4.69, 9.17) is 17.3 Å². The number of benzene rings is 2. The number of para-hydroxylation sites is 1. The van der Waals surface area contributed by atoms with Crippen molar-refractivity contribution in [3.63, 3.8) is 0 Å². The van der Waals surface area contributed by atoms with E-state index < -0.39 is 0 Å². The van der Waals surface area contributed by atoms with Gasteiger partial charge < -0.3 is 0 Å². The molecular weight excluding hydrogens is 390 g/mol. The first kappa shape index (κ1) is 21.0. The molecule has 2 aromatic carbocycles. The number of nitrogens with zero attached hydrogens (tertiary/aromatic N) is 5. The van der Waals surface area contributed by atoms with Gasteiger partial charge in [0.2, 0.25) is 4.77 Å². The molecule has 1 aliphatic rings. The fourth-order valence-corrected chi connectivity index (χ4v) is 4.40. The predicted octanol–water partition coefficient (Wildman–Crippen LogP) is 4.65. The lowest BCUT2D eigenvalue weighted by atomic mass is 10.1. The van der Waals surface area contributed by atoms with Crippen molar-refractivity contribution in [1.29, 1.82) is 0 Å². The normalized spacial score (nSPS) is 14.6. The first-order valence-corrected chi connectivity index (χ1v) is 11.3. The highest BCUT2D eigenvalue weighted by Crippen LogP contribution is 2.17. The Hall–Kier alpha value is -2.28. The van der Waals surface area contributed by atoms with Crippen LogP contribution in [0, 0.1) is 4.77 Å². The summed E-state index contributed by atoms with van der Waals surface area (Å²) in [6.07, 6.45) is 3.61. The summed E-state index contributed by atoms with van der Waals surface area (Å²) >= 11 is 5.87. The molecule has 0 amide bonds. The number of aryl methyl sites for hydroxylation is 1. The van der Waals surface area contributed by atoms with Crippen LogP contribution in [0.5, 0.6) is 0 Å². The molecule has 0 aliphatic carbocycles. The first-order chi connectivity index (χ1) is 14.6. The minimum atomic E-state index is 0.668. The van der Waals surface area contributed by atoms with Crippen LogP contribution in [0.1, 0.15) is 36.7 Å². The average Bonchev–Trinajstić information content (AvgIpc) is 3.37. The predicted molar refractivity (Wildman–Crippen MR) is 124 cm³/mol. The van der Waals surface area contributed by atoms with Gasteiger partial charge in [-0.3, -0.25) is 14.4 Å². The summed E-state index contributed by atoms with van der Waals surface area (Å²) in [5, 5.41) is 4.95. The van der Waals surface area contributed by atoms with Gasteiger partial charge in [0.05, 0.1) is 13.2 Å². The number of aromatic nitrogens is 3. The first-order valence-electron chi connectivity index (χ1n) is 10.9. The molecule has 30 heavy (non-hydrogen) atoms. The summed E-state index contributed by atoms with van der Waals surface area (Å²) in [6, 6.07) is 19.2. The van der Waals surface area contributed by atoms with E-state index >= 15 is 0 Å². The molecule has 0 saturated carbocycles. The lowest BCUT2D eigenvalue weighted by molar-refractivity contribution is 0.242. The van der Waals surface area contributed by atoms with Gasteiger partial charge in [-0.2, -0.15) is 5.10 Å². The molecule has 0 radical (unpaired) electrons. The Morgan fingerprint density at radius 3 is 2.30 bits per heavy atom. The van der Waals surface area contributed by atoms with Crippen molar-refractivity contribution < 1.29 is 0 Å². The van der Waals surface area contributed by atoms with Crippen LogP contribution in [0.3, 0.4) is 0 Å². The second kappa shape index (κ2) is 9.69. The van der Waals surface area contributed by atoms with E-state index in [1.807, 2.05) is 10.7 Å². The molecule has 0 N–H and O–H groups in total. The van der Waals surface area contributed by atoms with E-state index in [9.17, 15) is 0 Å². The Morgan fingerprint density at radius 2 is 1.63 bits per heavy atom. The van der Waals surface area contributed by atoms with Gasteiger partial charge in [-0.25, -0.2) is 4.68 Å². The van der Waals surface area contributed by atoms with Crippen molar-refractivity contribution in [2.75, 3.05) is 20.1 Å². The maximum absolute atomic E-state index is 5.87. The zero-order valence-electron chi connectivity index (χ0n) is 18.0. The van der Waals surface area contributed by atoms with Crippen LogP contribution in [0.2, 0.25) is 0 Å². The molecule has 1 aromatic heterocycles. The lowest BCUT2D eigenvalue weighted by Gasteiger charge is -2.16. The van der Waals surface area contributed by atoms with E-state index in [1.165, 1.54) is 24.0 Å². The number of rotatable bonds is 8. The van der Waals surface area contributed by atoms with E-state index in [1.54, 1.807) is 0 Å². The average molecular weight is 422 g/mol.